The first-order chi connectivity index (χ1) is 6.38. The lowest BCUT2D eigenvalue weighted by Crippen LogP contribution is -2.42. The van der Waals surface area contributed by atoms with E-state index in [2.05, 4.69) is 15.6 Å². The number of pyridine rings is 1. The molecule has 1 saturated heterocycles. The highest BCUT2D eigenvalue weighted by Gasteiger charge is 2.16. The first kappa shape index (κ1) is 8.94. The fourth-order valence-corrected chi connectivity index (χ4v) is 1.79. The van der Waals surface area contributed by atoms with Gasteiger partial charge in [-0.05, 0) is 11.6 Å². The highest BCUT2D eigenvalue weighted by atomic mass is 35.5. The lowest BCUT2D eigenvalue weighted by atomic mass is 10.1. The Labute approximate surface area is 82.5 Å². The lowest BCUT2D eigenvalue weighted by Gasteiger charge is -2.25. The molecule has 2 rings (SSSR count). The lowest BCUT2D eigenvalue weighted by molar-refractivity contribution is 0.430. The van der Waals surface area contributed by atoms with Gasteiger partial charge in [-0.2, -0.15) is 0 Å². The fourth-order valence-electron chi connectivity index (χ4n) is 1.54. The predicted molar refractivity (Wildman–Crippen MR) is 52.9 cm³/mol. The van der Waals surface area contributed by atoms with E-state index in [0.717, 1.165) is 30.2 Å². The van der Waals surface area contributed by atoms with Gasteiger partial charge in [-0.3, -0.25) is 4.98 Å². The summed E-state index contributed by atoms with van der Waals surface area (Å²) in [7, 11) is 0. The number of piperazine rings is 1. The minimum absolute atomic E-state index is 0.323. The van der Waals surface area contributed by atoms with Crippen molar-refractivity contribution in [3.8, 4) is 0 Å². The minimum atomic E-state index is 0.323. The maximum Gasteiger partial charge on any atom is 0.0637 e. The van der Waals surface area contributed by atoms with Crippen LogP contribution in [0.15, 0.2) is 18.5 Å². The molecule has 3 nitrogen and oxygen atoms in total. The third-order valence-electron chi connectivity index (χ3n) is 2.22. The maximum absolute atomic E-state index is 6.03. The Morgan fingerprint density at radius 3 is 3.08 bits per heavy atom. The zero-order valence-corrected chi connectivity index (χ0v) is 8.01. The first-order valence-electron chi connectivity index (χ1n) is 4.41. The summed E-state index contributed by atoms with van der Waals surface area (Å²) < 4.78 is 0. The Morgan fingerprint density at radius 2 is 2.38 bits per heavy atom. The van der Waals surface area contributed by atoms with Gasteiger partial charge in [0.05, 0.1) is 5.02 Å². The van der Waals surface area contributed by atoms with Crippen molar-refractivity contribution < 1.29 is 0 Å². The molecule has 1 aliphatic heterocycles. The van der Waals surface area contributed by atoms with E-state index in [1.54, 1.807) is 12.4 Å². The monoisotopic (exact) mass is 197 g/mol. The number of rotatable bonds is 1. The molecule has 2 heterocycles. The van der Waals surface area contributed by atoms with Crippen LogP contribution >= 0.6 is 11.6 Å². The molecule has 70 valence electrons. The van der Waals surface area contributed by atoms with Gasteiger partial charge >= 0.3 is 0 Å². The van der Waals surface area contributed by atoms with Crippen molar-refractivity contribution in [2.75, 3.05) is 19.6 Å². The van der Waals surface area contributed by atoms with Crippen molar-refractivity contribution >= 4 is 11.6 Å². The summed E-state index contributed by atoms with van der Waals surface area (Å²) in [4.78, 5) is 3.96. The van der Waals surface area contributed by atoms with Gasteiger partial charge in [-0.15, -0.1) is 0 Å². The van der Waals surface area contributed by atoms with Crippen LogP contribution in [-0.2, 0) is 0 Å². The van der Waals surface area contributed by atoms with Gasteiger partial charge in [-0.25, -0.2) is 0 Å². The van der Waals surface area contributed by atoms with E-state index in [4.69, 9.17) is 11.6 Å². The van der Waals surface area contributed by atoms with Crippen molar-refractivity contribution in [3.63, 3.8) is 0 Å². The van der Waals surface area contributed by atoms with E-state index in [-0.39, 0.29) is 0 Å². The first-order valence-corrected chi connectivity index (χ1v) is 4.79. The topological polar surface area (TPSA) is 37.0 Å². The number of hydrogen-bond acceptors (Lipinski definition) is 3. The fraction of sp³-hybridized carbons (Fsp3) is 0.444. The van der Waals surface area contributed by atoms with Crippen molar-refractivity contribution in [1.29, 1.82) is 0 Å². The van der Waals surface area contributed by atoms with Crippen LogP contribution in [-0.4, -0.2) is 24.6 Å². The molecule has 2 N–H and O–H groups in total. The van der Waals surface area contributed by atoms with Crippen molar-refractivity contribution in [2.24, 2.45) is 0 Å². The van der Waals surface area contributed by atoms with Gasteiger partial charge in [0.25, 0.3) is 0 Å². The highest BCUT2D eigenvalue weighted by Crippen LogP contribution is 2.21. The summed E-state index contributed by atoms with van der Waals surface area (Å²) in [5.74, 6) is 0. The molecular formula is C9H12ClN3. The Bertz CT molecular complexity index is 284. The van der Waals surface area contributed by atoms with Crippen LogP contribution in [0.3, 0.4) is 0 Å². The molecular weight excluding hydrogens is 186 g/mol. The van der Waals surface area contributed by atoms with E-state index in [0.29, 0.717) is 6.04 Å². The highest BCUT2D eigenvalue weighted by molar-refractivity contribution is 6.31. The molecule has 0 spiro atoms. The van der Waals surface area contributed by atoms with Crippen LogP contribution in [0.5, 0.6) is 0 Å². The van der Waals surface area contributed by atoms with Crippen molar-refractivity contribution in [1.82, 2.24) is 15.6 Å². The third kappa shape index (κ3) is 1.99. The average Bonchev–Trinajstić information content (AvgIpc) is 2.20. The van der Waals surface area contributed by atoms with Crippen LogP contribution in [0, 0.1) is 0 Å². The van der Waals surface area contributed by atoms with Gasteiger partial charge < -0.3 is 10.6 Å². The summed E-state index contributed by atoms with van der Waals surface area (Å²) in [6, 6.07) is 2.29. The van der Waals surface area contributed by atoms with E-state index in [1.807, 2.05) is 6.07 Å². The number of nitrogens with one attached hydrogen (secondary N) is 2. The molecule has 0 radical (unpaired) electrons. The van der Waals surface area contributed by atoms with Gasteiger partial charge in [-0.1, -0.05) is 11.6 Å². The van der Waals surface area contributed by atoms with Crippen molar-refractivity contribution in [2.45, 2.75) is 6.04 Å². The molecule has 1 aliphatic rings. The Morgan fingerprint density at radius 1 is 1.46 bits per heavy atom. The van der Waals surface area contributed by atoms with E-state index in [9.17, 15) is 0 Å². The van der Waals surface area contributed by atoms with Crippen molar-refractivity contribution in [3.05, 3.63) is 29.0 Å². The van der Waals surface area contributed by atoms with Gasteiger partial charge in [0.2, 0.25) is 0 Å². The van der Waals surface area contributed by atoms with Crippen LogP contribution in [0.2, 0.25) is 5.02 Å². The SMILES string of the molecule is Clc1cnccc1[C@H]1CNCCN1. The van der Waals surface area contributed by atoms with Gasteiger partial charge in [0.1, 0.15) is 0 Å². The summed E-state index contributed by atoms with van der Waals surface area (Å²) in [5, 5.41) is 7.46. The zero-order valence-electron chi connectivity index (χ0n) is 7.26. The number of aromatic nitrogens is 1. The maximum atomic E-state index is 6.03. The van der Waals surface area contributed by atoms with Gasteiger partial charge in [0, 0.05) is 38.1 Å². The standard InChI is InChI=1S/C9H12ClN3/c10-8-5-11-2-1-7(8)9-6-12-3-4-13-9/h1-2,5,9,12-13H,3-4,6H2/t9-/m1/s1. The molecule has 0 bridgehead atoms. The third-order valence-corrected chi connectivity index (χ3v) is 2.54. The largest absolute Gasteiger partial charge is 0.314 e. The molecule has 0 aliphatic carbocycles. The molecule has 13 heavy (non-hydrogen) atoms. The minimum Gasteiger partial charge on any atom is -0.314 e. The number of hydrogen-bond donors (Lipinski definition) is 2. The molecule has 1 fully saturated rings. The molecule has 0 amide bonds. The average molecular weight is 198 g/mol. The Kier molecular flexibility index (Phi) is 2.78. The molecule has 0 aromatic carbocycles. The van der Waals surface area contributed by atoms with Crippen LogP contribution in [0.4, 0.5) is 0 Å². The summed E-state index contributed by atoms with van der Waals surface area (Å²) in [6.07, 6.45) is 3.46. The Balaban J connectivity index is 2.18. The zero-order chi connectivity index (χ0) is 9.10. The second kappa shape index (κ2) is 4.05. The second-order valence-corrected chi connectivity index (χ2v) is 3.52. The van der Waals surface area contributed by atoms with Gasteiger partial charge in [0.15, 0.2) is 0 Å². The summed E-state index contributed by atoms with van der Waals surface area (Å²) in [5.41, 5.74) is 1.13. The van der Waals surface area contributed by atoms with E-state index in [1.165, 1.54) is 0 Å². The Hall–Kier alpha value is -0.640. The number of halogens is 1. The molecule has 1 aromatic heterocycles. The van der Waals surface area contributed by atoms with Crippen LogP contribution < -0.4 is 10.6 Å². The second-order valence-electron chi connectivity index (χ2n) is 3.11. The molecule has 1 atom stereocenters. The molecule has 1 aromatic rings. The molecule has 0 saturated carbocycles. The smallest absolute Gasteiger partial charge is 0.0637 e. The molecule has 4 heteroatoms. The quantitative estimate of drug-likeness (QED) is 0.705. The summed E-state index contributed by atoms with van der Waals surface area (Å²) in [6.45, 7) is 2.95. The van der Waals surface area contributed by atoms with E-state index >= 15 is 0 Å². The summed E-state index contributed by atoms with van der Waals surface area (Å²) >= 11 is 6.03. The van der Waals surface area contributed by atoms with Crippen LogP contribution in [0.25, 0.3) is 0 Å². The number of nitrogens with zero attached hydrogens (tertiary/aromatic N) is 1. The van der Waals surface area contributed by atoms with E-state index < -0.39 is 0 Å². The molecule has 0 unspecified atom stereocenters. The van der Waals surface area contributed by atoms with Crippen LogP contribution in [0.1, 0.15) is 11.6 Å². The predicted octanol–water partition coefficient (Wildman–Crippen LogP) is 0.969. The normalized spacial score (nSPS) is 23.0.